The minimum atomic E-state index is -0.250. The molecule has 148 valence electrons. The zero-order valence-corrected chi connectivity index (χ0v) is 16.0. The molecule has 2 amide bonds. The topological polar surface area (TPSA) is 79.4 Å². The van der Waals surface area contributed by atoms with E-state index >= 15 is 0 Å². The van der Waals surface area contributed by atoms with E-state index in [0.29, 0.717) is 25.4 Å². The van der Waals surface area contributed by atoms with E-state index in [1.807, 2.05) is 66.7 Å². The molecule has 1 aromatic heterocycles. The Bertz CT molecular complexity index is 941. The lowest BCUT2D eigenvalue weighted by molar-refractivity contribution is 0.122. The lowest BCUT2D eigenvalue weighted by Crippen LogP contribution is -2.36. The Kier molecular flexibility index (Phi) is 5.97. The number of benzene rings is 2. The van der Waals surface area contributed by atoms with Crippen LogP contribution in [0.4, 0.5) is 16.3 Å². The fraction of sp³-hybridized carbons (Fsp3) is 0.227. The third-order valence-corrected chi connectivity index (χ3v) is 4.70. The Hall–Kier alpha value is -3.45. The fourth-order valence-electron chi connectivity index (χ4n) is 3.15. The Morgan fingerprint density at radius 2 is 1.79 bits per heavy atom. The van der Waals surface area contributed by atoms with Crippen LogP contribution in [0.1, 0.15) is 5.56 Å². The maximum absolute atomic E-state index is 12.2. The van der Waals surface area contributed by atoms with Gasteiger partial charge in [0.2, 0.25) is 0 Å². The van der Waals surface area contributed by atoms with Crippen molar-refractivity contribution >= 4 is 17.5 Å². The van der Waals surface area contributed by atoms with Crippen LogP contribution in [0, 0.1) is 0 Å². The molecule has 0 atom stereocenters. The summed E-state index contributed by atoms with van der Waals surface area (Å²) in [6, 6.07) is 21.0. The number of rotatable bonds is 5. The largest absolute Gasteiger partial charge is 0.378 e. The lowest BCUT2D eigenvalue weighted by Gasteiger charge is -2.27. The third-order valence-electron chi connectivity index (χ3n) is 4.70. The number of urea groups is 1. The number of carbonyl (C=O) groups excluding carboxylic acids is 1. The van der Waals surface area contributed by atoms with Crippen LogP contribution >= 0.6 is 0 Å². The Morgan fingerprint density at radius 3 is 2.55 bits per heavy atom. The summed E-state index contributed by atoms with van der Waals surface area (Å²) in [5.74, 6) is 0.853. The number of hydrogen-bond acceptors (Lipinski definition) is 5. The van der Waals surface area contributed by atoms with Crippen LogP contribution in [0.25, 0.3) is 11.3 Å². The molecule has 0 spiro atoms. The standard InChI is InChI=1S/C22H23N5O2/c28-22(23-16-17-5-2-1-3-6-17)24-19-8-4-7-18(15-19)20-9-10-21(26-25-20)27-11-13-29-14-12-27/h1-10,15H,11-14,16H2,(H2,23,24,28). The van der Waals surface area contributed by atoms with Crippen molar-refractivity contribution in [3.05, 3.63) is 72.3 Å². The number of hydrogen-bond donors (Lipinski definition) is 2. The van der Waals surface area contributed by atoms with Crippen LogP contribution in [0.5, 0.6) is 0 Å². The van der Waals surface area contributed by atoms with Gasteiger partial charge in [-0.15, -0.1) is 10.2 Å². The summed E-state index contributed by atoms with van der Waals surface area (Å²) in [6.07, 6.45) is 0. The number of carbonyl (C=O) groups is 1. The van der Waals surface area contributed by atoms with Crippen molar-refractivity contribution in [1.82, 2.24) is 15.5 Å². The maximum Gasteiger partial charge on any atom is 0.319 e. The van der Waals surface area contributed by atoms with Gasteiger partial charge in [-0.25, -0.2) is 4.79 Å². The number of nitrogens with one attached hydrogen (secondary N) is 2. The van der Waals surface area contributed by atoms with Crippen molar-refractivity contribution in [2.24, 2.45) is 0 Å². The molecule has 0 bridgehead atoms. The molecule has 2 aromatic carbocycles. The van der Waals surface area contributed by atoms with E-state index in [2.05, 4.69) is 25.7 Å². The Morgan fingerprint density at radius 1 is 0.966 bits per heavy atom. The van der Waals surface area contributed by atoms with E-state index in [1.165, 1.54) is 0 Å². The molecule has 0 unspecified atom stereocenters. The molecular weight excluding hydrogens is 366 g/mol. The number of morpholine rings is 1. The molecule has 0 radical (unpaired) electrons. The van der Waals surface area contributed by atoms with E-state index in [1.54, 1.807) is 0 Å². The summed E-state index contributed by atoms with van der Waals surface area (Å²) in [5.41, 5.74) is 3.40. The highest BCUT2D eigenvalue weighted by Gasteiger charge is 2.13. The van der Waals surface area contributed by atoms with Crippen molar-refractivity contribution in [3.8, 4) is 11.3 Å². The normalized spacial score (nSPS) is 13.7. The number of ether oxygens (including phenoxy) is 1. The van der Waals surface area contributed by atoms with Crippen molar-refractivity contribution in [3.63, 3.8) is 0 Å². The quantitative estimate of drug-likeness (QED) is 0.700. The van der Waals surface area contributed by atoms with Gasteiger partial charge in [-0.1, -0.05) is 42.5 Å². The van der Waals surface area contributed by atoms with E-state index < -0.39 is 0 Å². The van der Waals surface area contributed by atoms with Gasteiger partial charge in [-0.3, -0.25) is 0 Å². The second-order valence-electron chi connectivity index (χ2n) is 6.75. The first-order chi connectivity index (χ1) is 14.3. The minimum absolute atomic E-state index is 0.250. The lowest BCUT2D eigenvalue weighted by atomic mass is 10.1. The highest BCUT2D eigenvalue weighted by atomic mass is 16.5. The molecule has 29 heavy (non-hydrogen) atoms. The van der Waals surface area contributed by atoms with Crippen LogP contribution in [0.2, 0.25) is 0 Å². The molecule has 2 heterocycles. The maximum atomic E-state index is 12.2. The number of amides is 2. The van der Waals surface area contributed by atoms with E-state index in [-0.39, 0.29) is 6.03 Å². The molecule has 2 N–H and O–H groups in total. The average Bonchev–Trinajstić information content (AvgIpc) is 2.79. The van der Waals surface area contributed by atoms with Gasteiger partial charge in [0, 0.05) is 30.9 Å². The Labute approximate surface area is 169 Å². The number of aromatic nitrogens is 2. The SMILES string of the molecule is O=C(NCc1ccccc1)Nc1cccc(-c2ccc(N3CCOCC3)nn2)c1. The monoisotopic (exact) mass is 389 g/mol. The fourth-order valence-corrected chi connectivity index (χ4v) is 3.15. The summed E-state index contributed by atoms with van der Waals surface area (Å²) < 4.78 is 5.37. The Balaban J connectivity index is 1.38. The van der Waals surface area contributed by atoms with Crippen molar-refractivity contribution in [2.75, 3.05) is 36.5 Å². The molecule has 7 nitrogen and oxygen atoms in total. The highest BCUT2D eigenvalue weighted by molar-refractivity contribution is 5.90. The van der Waals surface area contributed by atoms with Gasteiger partial charge in [-0.2, -0.15) is 0 Å². The van der Waals surface area contributed by atoms with Crippen LogP contribution in [0.3, 0.4) is 0 Å². The van der Waals surface area contributed by atoms with Crippen molar-refractivity contribution < 1.29 is 9.53 Å². The second kappa shape index (κ2) is 9.16. The first-order valence-corrected chi connectivity index (χ1v) is 9.63. The third kappa shape index (κ3) is 5.08. The van der Waals surface area contributed by atoms with E-state index in [0.717, 1.165) is 35.7 Å². The van der Waals surface area contributed by atoms with Crippen LogP contribution in [-0.4, -0.2) is 42.5 Å². The van der Waals surface area contributed by atoms with E-state index in [4.69, 9.17) is 4.74 Å². The number of nitrogens with zero attached hydrogens (tertiary/aromatic N) is 3. The zero-order chi connectivity index (χ0) is 19.9. The molecule has 0 saturated carbocycles. The smallest absolute Gasteiger partial charge is 0.319 e. The predicted octanol–water partition coefficient (Wildman–Crippen LogP) is 3.30. The van der Waals surface area contributed by atoms with Gasteiger partial charge in [0.1, 0.15) is 0 Å². The molecular formula is C22H23N5O2. The van der Waals surface area contributed by atoms with Crippen LogP contribution in [-0.2, 0) is 11.3 Å². The molecule has 1 saturated heterocycles. The van der Waals surface area contributed by atoms with Crippen molar-refractivity contribution in [1.29, 1.82) is 0 Å². The summed E-state index contributed by atoms with van der Waals surface area (Å²) in [4.78, 5) is 14.3. The summed E-state index contributed by atoms with van der Waals surface area (Å²) in [6.45, 7) is 3.55. The minimum Gasteiger partial charge on any atom is -0.378 e. The second-order valence-corrected chi connectivity index (χ2v) is 6.75. The van der Waals surface area contributed by atoms with Gasteiger partial charge >= 0.3 is 6.03 Å². The summed E-state index contributed by atoms with van der Waals surface area (Å²) in [5, 5.41) is 14.4. The molecule has 4 rings (SSSR count). The van der Waals surface area contributed by atoms with Gasteiger partial charge < -0.3 is 20.3 Å². The molecule has 0 aliphatic carbocycles. The van der Waals surface area contributed by atoms with Crippen LogP contribution < -0.4 is 15.5 Å². The summed E-state index contributed by atoms with van der Waals surface area (Å²) >= 11 is 0. The molecule has 7 heteroatoms. The van der Waals surface area contributed by atoms with Gasteiger partial charge in [0.05, 0.1) is 18.9 Å². The summed E-state index contributed by atoms with van der Waals surface area (Å²) in [7, 11) is 0. The zero-order valence-electron chi connectivity index (χ0n) is 16.0. The predicted molar refractivity (Wildman–Crippen MR) is 113 cm³/mol. The first kappa shape index (κ1) is 18.9. The van der Waals surface area contributed by atoms with Gasteiger partial charge in [0.15, 0.2) is 5.82 Å². The first-order valence-electron chi connectivity index (χ1n) is 9.63. The van der Waals surface area contributed by atoms with E-state index in [9.17, 15) is 4.79 Å². The molecule has 1 aliphatic rings. The van der Waals surface area contributed by atoms with Gasteiger partial charge in [-0.05, 0) is 29.8 Å². The van der Waals surface area contributed by atoms with Gasteiger partial charge in [0.25, 0.3) is 0 Å². The van der Waals surface area contributed by atoms with Crippen molar-refractivity contribution in [2.45, 2.75) is 6.54 Å². The highest BCUT2D eigenvalue weighted by Crippen LogP contribution is 2.22. The molecule has 3 aromatic rings. The molecule has 1 fully saturated rings. The number of anilines is 2. The average molecular weight is 389 g/mol. The molecule has 1 aliphatic heterocycles. The van der Waals surface area contributed by atoms with Crippen LogP contribution in [0.15, 0.2) is 66.7 Å².